The largest absolute Gasteiger partial charge is 0.481 e. The molecule has 0 spiro atoms. The van der Waals surface area contributed by atoms with Gasteiger partial charge < -0.3 is 19.9 Å². The molecule has 0 saturated carbocycles. The number of carbonyl (C=O) groups excluding carboxylic acids is 1. The second kappa shape index (κ2) is 10.5. The lowest BCUT2D eigenvalue weighted by Crippen LogP contribution is -2.33. The number of ether oxygens (including phenoxy) is 2. The van der Waals surface area contributed by atoms with Gasteiger partial charge in [0.05, 0.1) is 24.0 Å². The van der Waals surface area contributed by atoms with E-state index in [0.717, 1.165) is 10.8 Å². The predicted octanol–water partition coefficient (Wildman–Crippen LogP) is 2.72. The molecule has 11 nitrogen and oxygen atoms in total. The minimum absolute atomic E-state index is 0.0282. The third-order valence-electron chi connectivity index (χ3n) is 4.80. The van der Waals surface area contributed by atoms with E-state index in [-0.39, 0.29) is 29.0 Å². The molecule has 2 N–H and O–H groups in total. The molecule has 3 aromatic heterocycles. The summed E-state index contributed by atoms with van der Waals surface area (Å²) in [5.74, 6) is -4.20. The number of nitrogens with one attached hydrogen (secondary N) is 1. The molecule has 0 bridgehead atoms. The van der Waals surface area contributed by atoms with E-state index in [2.05, 4.69) is 20.4 Å². The Morgan fingerprint density at radius 1 is 1.33 bits per heavy atom. The first-order chi connectivity index (χ1) is 16.9. The summed E-state index contributed by atoms with van der Waals surface area (Å²) in [5, 5.41) is 15.4. The topological polar surface area (TPSA) is 133 Å². The van der Waals surface area contributed by atoms with Gasteiger partial charge >= 0.3 is 11.9 Å². The van der Waals surface area contributed by atoms with Gasteiger partial charge in [0, 0.05) is 12.6 Å². The number of rotatable bonds is 8. The molecule has 0 aromatic carbocycles. The first-order valence-corrected chi connectivity index (χ1v) is 10.5. The van der Waals surface area contributed by atoms with Gasteiger partial charge in [-0.15, -0.1) is 5.10 Å². The van der Waals surface area contributed by atoms with Crippen molar-refractivity contribution in [3.63, 3.8) is 0 Å². The van der Waals surface area contributed by atoms with E-state index in [9.17, 15) is 27.9 Å². The maximum absolute atomic E-state index is 15.0. The monoisotopic (exact) mass is 534 g/mol. The van der Waals surface area contributed by atoms with Crippen LogP contribution in [-0.2, 0) is 13.2 Å². The highest BCUT2D eigenvalue weighted by Crippen LogP contribution is 2.30. The van der Waals surface area contributed by atoms with Gasteiger partial charge in [0.15, 0.2) is 23.6 Å². The fourth-order valence-electron chi connectivity index (χ4n) is 2.91. The van der Waals surface area contributed by atoms with E-state index >= 15 is 4.39 Å². The third-order valence-corrected chi connectivity index (χ3v) is 5.11. The number of methoxy groups -OCH3 is 1. The highest BCUT2D eigenvalue weighted by molar-refractivity contribution is 6.34. The van der Waals surface area contributed by atoms with Crippen LogP contribution in [0.1, 0.15) is 30.0 Å². The number of hydrogen-bond donors (Lipinski definition) is 2. The lowest BCUT2D eigenvalue weighted by molar-refractivity contribution is -0.190. The lowest BCUT2D eigenvalue weighted by atomic mass is 10.2. The summed E-state index contributed by atoms with van der Waals surface area (Å²) in [6, 6.07) is 1.80. The molecule has 194 valence electrons. The van der Waals surface area contributed by atoms with Crippen LogP contribution < -0.4 is 20.5 Å². The van der Waals surface area contributed by atoms with Gasteiger partial charge in [0.1, 0.15) is 12.2 Å². The van der Waals surface area contributed by atoms with Crippen LogP contribution in [0.3, 0.4) is 0 Å². The molecule has 1 atom stereocenters. The zero-order valence-corrected chi connectivity index (χ0v) is 19.7. The molecule has 0 radical (unpaired) electrons. The van der Waals surface area contributed by atoms with E-state index < -0.39 is 53.6 Å². The molecule has 0 fully saturated rings. The van der Waals surface area contributed by atoms with E-state index in [4.69, 9.17) is 21.1 Å². The standard InChI is InChI=1S/C20H19ClF4N6O5/c1-4-30-14(8-32)29-31(19(30)34)16-12(22)5-10(18(28-16)36-9(2)20(23,24)25)17(33)27-13-7-26-15(35-3)6-11(13)21/h5-7,9,32H,4,8H2,1-3H3,(H,27,33)/t9-/m0/s1. The minimum Gasteiger partial charge on any atom is -0.481 e. The third kappa shape index (κ3) is 5.41. The number of halogens is 5. The molecule has 16 heteroatoms. The average Bonchev–Trinajstić information content (AvgIpc) is 3.15. The molecular formula is C20H19ClF4N6O5. The van der Waals surface area contributed by atoms with Crippen molar-refractivity contribution in [1.82, 2.24) is 24.3 Å². The highest BCUT2D eigenvalue weighted by atomic mass is 35.5. The molecular weight excluding hydrogens is 516 g/mol. The van der Waals surface area contributed by atoms with Crippen LogP contribution in [0.15, 0.2) is 23.1 Å². The van der Waals surface area contributed by atoms with Crippen molar-refractivity contribution in [1.29, 1.82) is 0 Å². The number of hydrogen-bond acceptors (Lipinski definition) is 8. The maximum Gasteiger partial charge on any atom is 0.425 e. The molecule has 0 saturated heterocycles. The van der Waals surface area contributed by atoms with Gasteiger partial charge in [0.25, 0.3) is 5.91 Å². The number of aromatic nitrogens is 5. The molecule has 1 amide bonds. The summed E-state index contributed by atoms with van der Waals surface area (Å²) in [7, 11) is 1.33. The summed E-state index contributed by atoms with van der Waals surface area (Å²) in [6.07, 6.45) is -6.21. The van der Waals surface area contributed by atoms with Gasteiger partial charge in [-0.1, -0.05) is 11.6 Å². The van der Waals surface area contributed by atoms with Crippen LogP contribution in [0, 0.1) is 5.82 Å². The number of pyridine rings is 2. The first-order valence-electron chi connectivity index (χ1n) is 10.2. The summed E-state index contributed by atoms with van der Waals surface area (Å²) < 4.78 is 65.8. The van der Waals surface area contributed by atoms with E-state index in [1.807, 2.05) is 0 Å². The molecule has 3 rings (SSSR count). The van der Waals surface area contributed by atoms with Gasteiger partial charge in [0.2, 0.25) is 11.8 Å². The van der Waals surface area contributed by atoms with Gasteiger partial charge in [-0.2, -0.15) is 22.8 Å². The number of alkyl halides is 3. The lowest BCUT2D eigenvalue weighted by Gasteiger charge is -2.19. The molecule has 3 heterocycles. The molecule has 0 unspecified atom stereocenters. The number of carbonyl (C=O) groups is 1. The van der Waals surface area contributed by atoms with Gasteiger partial charge in [-0.25, -0.2) is 14.2 Å². The van der Waals surface area contributed by atoms with Crippen molar-refractivity contribution >= 4 is 23.2 Å². The second-order valence-corrected chi connectivity index (χ2v) is 7.53. The number of anilines is 1. The average molecular weight is 535 g/mol. The van der Waals surface area contributed by atoms with Crippen LogP contribution >= 0.6 is 11.6 Å². The normalized spacial score (nSPS) is 12.4. The molecule has 3 aromatic rings. The zero-order chi connectivity index (χ0) is 26.8. The second-order valence-electron chi connectivity index (χ2n) is 7.12. The van der Waals surface area contributed by atoms with Crippen LogP contribution in [0.25, 0.3) is 5.82 Å². The Balaban J connectivity index is 2.12. The maximum atomic E-state index is 15.0. The summed E-state index contributed by atoms with van der Waals surface area (Å²) in [6.45, 7) is 1.59. The number of aliphatic hydroxyl groups excluding tert-OH is 1. The van der Waals surface area contributed by atoms with E-state index in [0.29, 0.717) is 17.7 Å². The smallest absolute Gasteiger partial charge is 0.425 e. The Morgan fingerprint density at radius 2 is 2.03 bits per heavy atom. The van der Waals surface area contributed by atoms with E-state index in [1.54, 1.807) is 6.92 Å². The van der Waals surface area contributed by atoms with Crippen molar-refractivity contribution < 1.29 is 36.9 Å². The Hall–Kier alpha value is -3.72. The highest BCUT2D eigenvalue weighted by Gasteiger charge is 2.39. The molecule has 0 aliphatic heterocycles. The number of aliphatic hydroxyl groups is 1. The Kier molecular flexibility index (Phi) is 7.83. The Morgan fingerprint density at radius 3 is 2.56 bits per heavy atom. The quantitative estimate of drug-likeness (QED) is 0.421. The molecule has 36 heavy (non-hydrogen) atoms. The Labute approximate surface area is 205 Å². The van der Waals surface area contributed by atoms with Gasteiger partial charge in [-0.05, 0) is 19.9 Å². The van der Waals surface area contributed by atoms with E-state index in [1.165, 1.54) is 13.2 Å². The summed E-state index contributed by atoms with van der Waals surface area (Å²) >= 11 is 6.05. The van der Waals surface area contributed by atoms with Crippen LogP contribution in [0.4, 0.5) is 23.2 Å². The SMILES string of the molecule is CCn1c(CO)nn(-c2nc(O[C@@H](C)C(F)(F)F)c(C(=O)Nc3cnc(OC)cc3Cl)cc2F)c1=O. The fourth-order valence-corrected chi connectivity index (χ4v) is 3.10. The Bertz CT molecular complexity index is 1340. The first kappa shape index (κ1) is 26.9. The zero-order valence-electron chi connectivity index (χ0n) is 18.9. The fraction of sp³-hybridized carbons (Fsp3) is 0.350. The molecule has 0 aliphatic rings. The van der Waals surface area contributed by atoms with Crippen molar-refractivity contribution in [2.24, 2.45) is 0 Å². The minimum atomic E-state index is -4.86. The van der Waals surface area contributed by atoms with Crippen LogP contribution in [0.5, 0.6) is 11.8 Å². The number of amides is 1. The predicted molar refractivity (Wildman–Crippen MR) is 117 cm³/mol. The summed E-state index contributed by atoms with van der Waals surface area (Å²) in [4.78, 5) is 33.0. The van der Waals surface area contributed by atoms with Crippen molar-refractivity contribution in [2.75, 3.05) is 12.4 Å². The van der Waals surface area contributed by atoms with Crippen LogP contribution in [-0.4, -0.2) is 54.7 Å². The molecule has 0 aliphatic carbocycles. The summed E-state index contributed by atoms with van der Waals surface area (Å²) in [5.41, 5.74) is -1.71. The van der Waals surface area contributed by atoms with Gasteiger partial charge in [-0.3, -0.25) is 9.36 Å². The van der Waals surface area contributed by atoms with Crippen LogP contribution in [0.2, 0.25) is 5.02 Å². The van der Waals surface area contributed by atoms with Crippen molar-refractivity contribution in [2.45, 2.75) is 39.3 Å². The number of nitrogens with zero attached hydrogens (tertiary/aromatic N) is 5. The van der Waals surface area contributed by atoms with Crippen molar-refractivity contribution in [3.05, 3.63) is 51.0 Å². The van der Waals surface area contributed by atoms with Crippen molar-refractivity contribution in [3.8, 4) is 17.6 Å².